The maximum absolute atomic E-state index is 13.9. The fraction of sp³-hybridized carbons (Fsp3) is 0.419. The Hall–Kier alpha value is -4.02. The van der Waals surface area contributed by atoms with Crippen molar-refractivity contribution in [1.82, 2.24) is 24.8 Å². The Morgan fingerprint density at radius 2 is 1.90 bits per heavy atom. The highest BCUT2D eigenvalue weighted by molar-refractivity contribution is 5.81. The molecule has 6 rings (SSSR count). The largest absolute Gasteiger partial charge is 0.446 e. The maximum atomic E-state index is 13.9. The van der Waals surface area contributed by atoms with E-state index in [0.29, 0.717) is 36.1 Å². The van der Waals surface area contributed by atoms with Crippen LogP contribution in [0.1, 0.15) is 49.6 Å². The molecule has 0 aliphatic carbocycles. The molecule has 0 saturated carbocycles. The van der Waals surface area contributed by atoms with Crippen molar-refractivity contribution in [1.29, 1.82) is 0 Å². The summed E-state index contributed by atoms with van der Waals surface area (Å²) in [5.41, 5.74) is 4.66. The molecule has 0 atom stereocenters. The minimum atomic E-state index is -0.157. The van der Waals surface area contributed by atoms with E-state index in [1.54, 1.807) is 10.8 Å². The molecule has 2 aliphatic heterocycles. The molecule has 3 aromatic heterocycles. The first-order valence-corrected chi connectivity index (χ1v) is 14.4. The van der Waals surface area contributed by atoms with E-state index < -0.39 is 0 Å². The number of aromatic nitrogens is 4. The zero-order valence-electron chi connectivity index (χ0n) is 23.7. The third kappa shape index (κ3) is 5.75. The molecule has 10 nitrogen and oxygen atoms in total. The Bertz CT molecular complexity index is 1580. The third-order valence-corrected chi connectivity index (χ3v) is 8.06. The molecule has 4 aromatic rings. The fourth-order valence-corrected chi connectivity index (χ4v) is 5.56. The first kappa shape index (κ1) is 27.2. The van der Waals surface area contributed by atoms with E-state index in [0.717, 1.165) is 61.4 Å². The second-order valence-electron chi connectivity index (χ2n) is 11.1. The normalized spacial score (nSPS) is 16.4. The zero-order valence-corrected chi connectivity index (χ0v) is 23.7. The van der Waals surface area contributed by atoms with Crippen LogP contribution in [0.2, 0.25) is 0 Å². The van der Waals surface area contributed by atoms with Gasteiger partial charge in [0.25, 0.3) is 5.56 Å². The van der Waals surface area contributed by atoms with Crippen LogP contribution in [0.5, 0.6) is 0 Å². The number of fused-ring (bicyclic) bond motifs is 1. The number of anilines is 3. The molecule has 10 heteroatoms. The molecule has 0 radical (unpaired) electrons. The molecule has 2 N–H and O–H groups in total. The van der Waals surface area contributed by atoms with Crippen molar-refractivity contribution in [3.05, 3.63) is 76.9 Å². The third-order valence-electron chi connectivity index (χ3n) is 8.06. The van der Waals surface area contributed by atoms with Crippen molar-refractivity contribution in [2.75, 3.05) is 49.6 Å². The summed E-state index contributed by atoms with van der Waals surface area (Å²) in [5.74, 6) is 1.44. The summed E-state index contributed by atoms with van der Waals surface area (Å²) in [5, 5.41) is 7.46. The van der Waals surface area contributed by atoms with Gasteiger partial charge < -0.3 is 24.7 Å². The van der Waals surface area contributed by atoms with Crippen molar-refractivity contribution in [3.8, 4) is 0 Å². The number of rotatable bonds is 8. The number of nitrogens with zero attached hydrogens (tertiary/aromatic N) is 5. The molecule has 0 unspecified atom stereocenters. The van der Waals surface area contributed by atoms with Crippen LogP contribution in [0.15, 0.2) is 58.7 Å². The van der Waals surface area contributed by atoms with Crippen LogP contribution in [0, 0.1) is 5.92 Å². The van der Waals surface area contributed by atoms with E-state index in [-0.39, 0.29) is 23.9 Å². The predicted molar refractivity (Wildman–Crippen MR) is 161 cm³/mol. The lowest BCUT2D eigenvalue weighted by Gasteiger charge is -2.29. The van der Waals surface area contributed by atoms with Crippen LogP contribution < -0.4 is 21.1 Å². The summed E-state index contributed by atoms with van der Waals surface area (Å²) in [7, 11) is 0. The molecule has 0 amide bonds. The predicted octanol–water partition coefficient (Wildman–Crippen LogP) is 4.54. The van der Waals surface area contributed by atoms with Crippen LogP contribution in [0.4, 0.5) is 17.3 Å². The summed E-state index contributed by atoms with van der Waals surface area (Å²) < 4.78 is 13.1. The standard InChI is InChI=1S/C31H37N7O3/c1-20(2)21(3)26-16-23-17-33-31(35-24-4-6-25(7-5-24)37-12-10-32-11-13-37)36-29(23)38(30(26)39)18-27-28(34-19-41-27)22-8-14-40-15-9-22/h4-7,16-17,19-20,22,32H,3,8-15,18H2,1-2H3,(H,33,35,36). The van der Waals surface area contributed by atoms with Crippen molar-refractivity contribution in [2.24, 2.45) is 5.92 Å². The van der Waals surface area contributed by atoms with E-state index in [1.807, 2.05) is 32.0 Å². The molecular formula is C31H37N7O3. The topological polar surface area (TPSA) is 110 Å². The summed E-state index contributed by atoms with van der Waals surface area (Å²) in [6, 6.07) is 10.1. The van der Waals surface area contributed by atoms with Crippen LogP contribution in [-0.4, -0.2) is 58.9 Å². The summed E-state index contributed by atoms with van der Waals surface area (Å²) in [4.78, 5) is 30.2. The van der Waals surface area contributed by atoms with Gasteiger partial charge in [0.05, 0.1) is 12.2 Å². The molecule has 2 fully saturated rings. The van der Waals surface area contributed by atoms with Crippen molar-refractivity contribution >= 4 is 33.9 Å². The van der Waals surface area contributed by atoms with E-state index in [9.17, 15) is 4.79 Å². The van der Waals surface area contributed by atoms with Crippen LogP contribution in [0.25, 0.3) is 16.6 Å². The van der Waals surface area contributed by atoms with Gasteiger partial charge in [0.1, 0.15) is 11.4 Å². The highest BCUT2D eigenvalue weighted by Crippen LogP contribution is 2.30. The van der Waals surface area contributed by atoms with Crippen LogP contribution in [-0.2, 0) is 11.3 Å². The molecule has 2 saturated heterocycles. The molecule has 0 spiro atoms. The molecular weight excluding hydrogens is 518 g/mol. The maximum Gasteiger partial charge on any atom is 0.260 e. The average molecular weight is 556 g/mol. The first-order valence-electron chi connectivity index (χ1n) is 14.4. The number of pyridine rings is 1. The Labute approximate surface area is 239 Å². The van der Waals surface area contributed by atoms with E-state index in [1.165, 1.54) is 12.1 Å². The fourth-order valence-electron chi connectivity index (χ4n) is 5.56. The van der Waals surface area contributed by atoms with Gasteiger partial charge >= 0.3 is 0 Å². The van der Waals surface area contributed by atoms with Crippen LogP contribution in [0.3, 0.4) is 0 Å². The number of hydrogen-bond acceptors (Lipinski definition) is 9. The van der Waals surface area contributed by atoms with Crippen molar-refractivity contribution in [3.63, 3.8) is 0 Å². The van der Waals surface area contributed by atoms with Crippen molar-refractivity contribution in [2.45, 2.75) is 39.2 Å². The van der Waals surface area contributed by atoms with Gasteiger partial charge in [0.15, 0.2) is 6.39 Å². The monoisotopic (exact) mass is 555 g/mol. The number of allylic oxidation sites excluding steroid dienone is 1. The molecule has 2 aliphatic rings. The number of ether oxygens (including phenoxy) is 1. The van der Waals surface area contributed by atoms with Crippen molar-refractivity contribution < 1.29 is 9.15 Å². The molecule has 0 bridgehead atoms. The molecule has 1 aromatic carbocycles. The number of benzene rings is 1. The minimum absolute atomic E-state index is 0.114. The SMILES string of the molecule is C=C(c1cc2cnc(Nc3ccc(N4CCNCC4)cc3)nc2n(Cc2ocnc2C2CCOCC2)c1=O)C(C)C. The Kier molecular flexibility index (Phi) is 7.84. The second kappa shape index (κ2) is 11.8. The highest BCUT2D eigenvalue weighted by Gasteiger charge is 2.24. The van der Waals surface area contributed by atoms with Gasteiger partial charge in [-0.3, -0.25) is 9.36 Å². The van der Waals surface area contributed by atoms with Gasteiger partial charge in [-0.25, -0.2) is 9.97 Å². The van der Waals surface area contributed by atoms with Gasteiger partial charge in [-0.15, -0.1) is 0 Å². The lowest BCUT2D eigenvalue weighted by Crippen LogP contribution is -2.43. The number of piperazine rings is 1. The average Bonchev–Trinajstić information content (AvgIpc) is 3.48. The highest BCUT2D eigenvalue weighted by atomic mass is 16.5. The van der Waals surface area contributed by atoms with E-state index in [2.05, 4.69) is 44.2 Å². The molecule has 5 heterocycles. The first-order chi connectivity index (χ1) is 20.0. The van der Waals surface area contributed by atoms with Crippen LogP contribution >= 0.6 is 0 Å². The summed E-state index contributed by atoms with van der Waals surface area (Å²) in [6.07, 6.45) is 4.98. The number of nitrogens with one attached hydrogen (secondary N) is 2. The van der Waals surface area contributed by atoms with Gasteiger partial charge in [0, 0.05) is 73.8 Å². The van der Waals surface area contributed by atoms with Gasteiger partial charge in [0.2, 0.25) is 5.95 Å². The smallest absolute Gasteiger partial charge is 0.260 e. The number of hydrogen-bond donors (Lipinski definition) is 2. The molecule has 214 valence electrons. The quantitative estimate of drug-likeness (QED) is 0.324. The Morgan fingerprint density at radius 3 is 2.63 bits per heavy atom. The van der Waals surface area contributed by atoms with Gasteiger partial charge in [-0.2, -0.15) is 4.98 Å². The van der Waals surface area contributed by atoms with Gasteiger partial charge in [-0.05, 0) is 54.7 Å². The minimum Gasteiger partial charge on any atom is -0.446 e. The Balaban J connectivity index is 1.35. The molecule has 41 heavy (non-hydrogen) atoms. The van der Waals surface area contributed by atoms with E-state index >= 15 is 0 Å². The zero-order chi connectivity index (χ0) is 28.3. The lowest BCUT2D eigenvalue weighted by atomic mass is 9.95. The summed E-state index contributed by atoms with van der Waals surface area (Å²) in [6.45, 7) is 13.9. The van der Waals surface area contributed by atoms with E-state index in [4.69, 9.17) is 14.1 Å². The van der Waals surface area contributed by atoms with Gasteiger partial charge in [-0.1, -0.05) is 20.4 Å². The number of oxazole rings is 1. The Morgan fingerprint density at radius 1 is 1.15 bits per heavy atom. The lowest BCUT2D eigenvalue weighted by molar-refractivity contribution is 0.0842. The second-order valence-corrected chi connectivity index (χ2v) is 11.1. The summed E-state index contributed by atoms with van der Waals surface area (Å²) >= 11 is 0.